The number of hydrogen-bond acceptors (Lipinski definition) is 3. The van der Waals surface area contributed by atoms with E-state index in [2.05, 4.69) is 6.92 Å². The van der Waals surface area contributed by atoms with E-state index in [0.717, 1.165) is 24.9 Å². The first-order valence-corrected chi connectivity index (χ1v) is 6.67. The highest BCUT2D eigenvalue weighted by molar-refractivity contribution is 7.07. The molecule has 0 aliphatic carbocycles. The van der Waals surface area contributed by atoms with E-state index in [9.17, 15) is 4.79 Å². The molecule has 0 aromatic carbocycles. The number of amides is 1. The van der Waals surface area contributed by atoms with Gasteiger partial charge < -0.3 is 10.6 Å². The molecular weight excluding hydrogens is 220 g/mol. The Bertz CT molecular complexity index is 350. The van der Waals surface area contributed by atoms with Gasteiger partial charge in [0.05, 0.1) is 6.42 Å². The van der Waals surface area contributed by atoms with Crippen molar-refractivity contribution in [3.8, 4) is 0 Å². The molecule has 3 nitrogen and oxygen atoms in total. The molecule has 0 spiro atoms. The van der Waals surface area contributed by atoms with E-state index in [4.69, 9.17) is 5.73 Å². The van der Waals surface area contributed by atoms with Crippen LogP contribution in [-0.4, -0.2) is 29.4 Å². The number of likely N-dealkylation sites (tertiary alicyclic amines) is 1. The highest BCUT2D eigenvalue weighted by atomic mass is 32.1. The second kappa shape index (κ2) is 4.97. The molecule has 2 N–H and O–H groups in total. The van der Waals surface area contributed by atoms with Crippen molar-refractivity contribution in [2.45, 2.75) is 38.3 Å². The zero-order chi connectivity index (χ0) is 11.5. The lowest BCUT2D eigenvalue weighted by atomic mass is 9.98. The number of piperidine rings is 1. The number of rotatable bonds is 2. The number of carbonyl (C=O) groups excluding carboxylic acids is 1. The van der Waals surface area contributed by atoms with Crippen LogP contribution in [0.1, 0.15) is 25.3 Å². The van der Waals surface area contributed by atoms with Crippen molar-refractivity contribution in [2.24, 2.45) is 5.73 Å². The third-order valence-electron chi connectivity index (χ3n) is 3.17. The maximum absolute atomic E-state index is 12.1. The van der Waals surface area contributed by atoms with Gasteiger partial charge in [0, 0.05) is 18.6 Å². The predicted octanol–water partition coefficient (Wildman–Crippen LogP) is 1.63. The average Bonchev–Trinajstić information content (AvgIpc) is 2.70. The molecular formula is C12H18N2OS. The van der Waals surface area contributed by atoms with Crippen LogP contribution in [-0.2, 0) is 11.2 Å². The molecule has 16 heavy (non-hydrogen) atoms. The molecule has 1 fully saturated rings. The maximum Gasteiger partial charge on any atom is 0.227 e. The summed E-state index contributed by atoms with van der Waals surface area (Å²) < 4.78 is 0. The zero-order valence-corrected chi connectivity index (χ0v) is 10.4. The van der Waals surface area contributed by atoms with Crippen molar-refractivity contribution in [3.05, 3.63) is 22.4 Å². The standard InChI is InChI=1S/C12H18N2OS/c1-9-6-11(13)2-4-14(9)12(15)7-10-3-5-16-8-10/h3,5,8-9,11H,2,4,6-7,13H2,1H3. The van der Waals surface area contributed by atoms with E-state index in [1.54, 1.807) is 11.3 Å². The summed E-state index contributed by atoms with van der Waals surface area (Å²) in [4.78, 5) is 14.0. The largest absolute Gasteiger partial charge is 0.340 e. The first-order chi connectivity index (χ1) is 7.66. The SMILES string of the molecule is CC1CC(N)CCN1C(=O)Cc1ccsc1. The molecule has 0 radical (unpaired) electrons. The van der Waals surface area contributed by atoms with Crippen molar-refractivity contribution >= 4 is 17.2 Å². The van der Waals surface area contributed by atoms with Gasteiger partial charge in [-0.05, 0) is 42.2 Å². The van der Waals surface area contributed by atoms with Gasteiger partial charge in [0.15, 0.2) is 0 Å². The lowest BCUT2D eigenvalue weighted by molar-refractivity contribution is -0.133. The number of carbonyl (C=O) groups is 1. The molecule has 1 aliphatic rings. The minimum atomic E-state index is 0.234. The Kier molecular flexibility index (Phi) is 3.61. The van der Waals surface area contributed by atoms with Crippen LogP contribution in [0.2, 0.25) is 0 Å². The summed E-state index contributed by atoms with van der Waals surface area (Å²) in [6.45, 7) is 2.90. The summed E-state index contributed by atoms with van der Waals surface area (Å²) in [6.07, 6.45) is 2.39. The quantitative estimate of drug-likeness (QED) is 0.851. The van der Waals surface area contributed by atoms with Gasteiger partial charge in [-0.3, -0.25) is 4.79 Å². The molecule has 88 valence electrons. The fourth-order valence-electron chi connectivity index (χ4n) is 2.25. The number of nitrogens with two attached hydrogens (primary N) is 1. The van der Waals surface area contributed by atoms with Crippen LogP contribution in [0.3, 0.4) is 0 Å². The minimum Gasteiger partial charge on any atom is -0.340 e. The average molecular weight is 238 g/mol. The normalized spacial score (nSPS) is 25.8. The molecule has 2 heterocycles. The van der Waals surface area contributed by atoms with Gasteiger partial charge in [-0.15, -0.1) is 0 Å². The molecule has 0 saturated carbocycles. The predicted molar refractivity (Wildman–Crippen MR) is 66.4 cm³/mol. The van der Waals surface area contributed by atoms with Gasteiger partial charge in [0.1, 0.15) is 0 Å². The molecule has 1 aromatic heterocycles. The Morgan fingerprint density at radius 3 is 3.12 bits per heavy atom. The van der Waals surface area contributed by atoms with Gasteiger partial charge in [-0.2, -0.15) is 11.3 Å². The second-order valence-electron chi connectivity index (χ2n) is 4.53. The summed E-state index contributed by atoms with van der Waals surface area (Å²) in [6, 6.07) is 2.57. The van der Waals surface area contributed by atoms with E-state index < -0.39 is 0 Å². The molecule has 1 aromatic rings. The molecule has 2 unspecified atom stereocenters. The molecule has 2 atom stereocenters. The molecule has 1 aliphatic heterocycles. The van der Waals surface area contributed by atoms with Crippen LogP contribution >= 0.6 is 11.3 Å². The van der Waals surface area contributed by atoms with Gasteiger partial charge in [0.2, 0.25) is 5.91 Å². The first-order valence-electron chi connectivity index (χ1n) is 5.73. The van der Waals surface area contributed by atoms with Crippen molar-refractivity contribution in [1.82, 2.24) is 4.90 Å². The summed E-state index contributed by atoms with van der Waals surface area (Å²) in [5.74, 6) is 0.234. The maximum atomic E-state index is 12.1. The van der Waals surface area contributed by atoms with Gasteiger partial charge in [-0.1, -0.05) is 0 Å². The number of nitrogens with zero attached hydrogens (tertiary/aromatic N) is 1. The number of hydrogen-bond donors (Lipinski definition) is 1. The summed E-state index contributed by atoms with van der Waals surface area (Å²) >= 11 is 1.64. The number of thiophene rings is 1. The van der Waals surface area contributed by atoms with Crippen molar-refractivity contribution in [2.75, 3.05) is 6.54 Å². The summed E-state index contributed by atoms with van der Waals surface area (Å²) in [5, 5.41) is 4.05. The second-order valence-corrected chi connectivity index (χ2v) is 5.31. The monoisotopic (exact) mass is 238 g/mol. The highest BCUT2D eigenvalue weighted by Gasteiger charge is 2.26. The van der Waals surface area contributed by atoms with Crippen molar-refractivity contribution in [1.29, 1.82) is 0 Å². The third-order valence-corrected chi connectivity index (χ3v) is 3.90. The van der Waals surface area contributed by atoms with E-state index in [-0.39, 0.29) is 18.0 Å². The Hall–Kier alpha value is -0.870. The molecule has 4 heteroatoms. The van der Waals surface area contributed by atoms with Crippen molar-refractivity contribution < 1.29 is 4.79 Å². The van der Waals surface area contributed by atoms with Gasteiger partial charge >= 0.3 is 0 Å². The Balaban J connectivity index is 1.94. The topological polar surface area (TPSA) is 46.3 Å². The van der Waals surface area contributed by atoms with Gasteiger partial charge in [0.25, 0.3) is 0 Å². The van der Waals surface area contributed by atoms with Crippen LogP contribution in [0.5, 0.6) is 0 Å². The molecule has 0 bridgehead atoms. The van der Waals surface area contributed by atoms with E-state index in [1.807, 2.05) is 21.7 Å². The summed E-state index contributed by atoms with van der Waals surface area (Å²) in [7, 11) is 0. The van der Waals surface area contributed by atoms with Crippen LogP contribution in [0, 0.1) is 0 Å². The van der Waals surface area contributed by atoms with Crippen LogP contribution < -0.4 is 5.73 Å². The van der Waals surface area contributed by atoms with E-state index in [1.165, 1.54) is 0 Å². The van der Waals surface area contributed by atoms with E-state index >= 15 is 0 Å². The Labute approximate surface area is 100 Å². The first kappa shape index (κ1) is 11.6. The zero-order valence-electron chi connectivity index (χ0n) is 9.56. The molecule has 2 rings (SSSR count). The van der Waals surface area contributed by atoms with Crippen molar-refractivity contribution in [3.63, 3.8) is 0 Å². The highest BCUT2D eigenvalue weighted by Crippen LogP contribution is 2.17. The van der Waals surface area contributed by atoms with E-state index in [0.29, 0.717) is 6.42 Å². The van der Waals surface area contributed by atoms with Crippen LogP contribution in [0.25, 0.3) is 0 Å². The van der Waals surface area contributed by atoms with Gasteiger partial charge in [-0.25, -0.2) is 0 Å². The Morgan fingerprint density at radius 1 is 1.69 bits per heavy atom. The molecule has 1 saturated heterocycles. The van der Waals surface area contributed by atoms with Crippen LogP contribution in [0.4, 0.5) is 0 Å². The fourth-order valence-corrected chi connectivity index (χ4v) is 2.92. The smallest absolute Gasteiger partial charge is 0.227 e. The minimum absolute atomic E-state index is 0.234. The third kappa shape index (κ3) is 2.62. The molecule has 1 amide bonds. The lowest BCUT2D eigenvalue weighted by Gasteiger charge is -2.36. The fraction of sp³-hybridized carbons (Fsp3) is 0.583. The Morgan fingerprint density at radius 2 is 2.50 bits per heavy atom. The lowest BCUT2D eigenvalue weighted by Crippen LogP contribution is -2.48. The summed E-state index contributed by atoms with van der Waals surface area (Å²) in [5.41, 5.74) is 7.01. The van der Waals surface area contributed by atoms with Crippen LogP contribution in [0.15, 0.2) is 16.8 Å².